The third-order valence-electron chi connectivity index (χ3n) is 4.29. The van der Waals surface area contributed by atoms with Gasteiger partial charge in [0.25, 0.3) is 0 Å². The molecule has 0 aliphatic heterocycles. The van der Waals surface area contributed by atoms with Crippen LogP contribution >= 0.6 is 27.5 Å². The van der Waals surface area contributed by atoms with Crippen LogP contribution in [0.1, 0.15) is 21.5 Å². The molecular weight excluding hydrogens is 498 g/mol. The second kappa shape index (κ2) is 10.7. The van der Waals surface area contributed by atoms with Crippen molar-refractivity contribution in [2.75, 3.05) is 5.32 Å². The van der Waals surface area contributed by atoms with E-state index in [4.69, 9.17) is 16.3 Å². The van der Waals surface area contributed by atoms with E-state index in [0.717, 1.165) is 0 Å². The number of anilines is 1. The summed E-state index contributed by atoms with van der Waals surface area (Å²) in [5.74, 6) is -1.95. The van der Waals surface area contributed by atoms with Gasteiger partial charge in [0.1, 0.15) is 5.75 Å². The average Bonchev–Trinajstić information content (AvgIpc) is 2.78. The van der Waals surface area contributed by atoms with Crippen LogP contribution in [-0.4, -0.2) is 24.0 Å². The first-order chi connectivity index (χ1) is 15.3. The Hall–Kier alpha value is -3.49. The highest BCUT2D eigenvalue weighted by Crippen LogP contribution is 2.23. The van der Waals surface area contributed by atoms with E-state index in [1.165, 1.54) is 6.21 Å². The van der Waals surface area contributed by atoms with Crippen molar-refractivity contribution in [2.24, 2.45) is 5.10 Å². The van der Waals surface area contributed by atoms with Crippen LogP contribution < -0.4 is 15.5 Å². The highest BCUT2D eigenvalue weighted by molar-refractivity contribution is 9.10. The van der Waals surface area contributed by atoms with Crippen LogP contribution in [0.3, 0.4) is 0 Å². The SMILES string of the molecule is Cc1c(Cl)cccc1NC(=O)C(=O)N/N=C/c1ccc(OC(=O)c2ccccc2Br)cc1. The number of halogens is 2. The van der Waals surface area contributed by atoms with Gasteiger partial charge >= 0.3 is 17.8 Å². The minimum Gasteiger partial charge on any atom is -0.423 e. The van der Waals surface area contributed by atoms with Gasteiger partial charge in [-0.3, -0.25) is 9.59 Å². The number of carbonyl (C=O) groups excluding carboxylic acids is 3. The predicted molar refractivity (Wildman–Crippen MR) is 126 cm³/mol. The summed E-state index contributed by atoms with van der Waals surface area (Å²) in [6, 6.07) is 18.4. The van der Waals surface area contributed by atoms with E-state index in [1.54, 1.807) is 73.7 Å². The maximum atomic E-state index is 12.2. The summed E-state index contributed by atoms with van der Waals surface area (Å²) < 4.78 is 5.98. The largest absolute Gasteiger partial charge is 0.423 e. The number of benzene rings is 3. The van der Waals surface area contributed by atoms with Crippen molar-refractivity contribution < 1.29 is 19.1 Å². The molecule has 9 heteroatoms. The first-order valence-corrected chi connectivity index (χ1v) is 10.5. The molecular formula is C23H17BrClN3O4. The van der Waals surface area contributed by atoms with Gasteiger partial charge in [0.15, 0.2) is 0 Å². The van der Waals surface area contributed by atoms with Gasteiger partial charge in [-0.05, 0) is 82.5 Å². The zero-order valence-corrected chi connectivity index (χ0v) is 19.1. The van der Waals surface area contributed by atoms with Crippen molar-refractivity contribution in [2.45, 2.75) is 6.92 Å². The van der Waals surface area contributed by atoms with Crippen LogP contribution in [0.25, 0.3) is 0 Å². The molecule has 3 aromatic rings. The van der Waals surface area contributed by atoms with Crippen LogP contribution in [0.5, 0.6) is 5.75 Å². The van der Waals surface area contributed by atoms with Crippen LogP contribution in [0.15, 0.2) is 76.3 Å². The molecule has 3 aromatic carbocycles. The quantitative estimate of drug-likeness (QED) is 0.169. The van der Waals surface area contributed by atoms with Crippen LogP contribution in [0.4, 0.5) is 5.69 Å². The maximum Gasteiger partial charge on any atom is 0.344 e. The number of rotatable bonds is 5. The van der Waals surface area contributed by atoms with Gasteiger partial charge < -0.3 is 10.1 Å². The first-order valence-electron chi connectivity index (χ1n) is 9.31. The summed E-state index contributed by atoms with van der Waals surface area (Å²) in [6.45, 7) is 1.73. The molecule has 2 amide bonds. The van der Waals surface area contributed by atoms with Crippen LogP contribution in [0.2, 0.25) is 5.02 Å². The molecule has 162 valence electrons. The number of carbonyl (C=O) groups is 3. The Balaban J connectivity index is 1.53. The molecule has 0 saturated carbocycles. The number of amides is 2. The van der Waals surface area contributed by atoms with E-state index in [-0.39, 0.29) is 0 Å². The van der Waals surface area contributed by atoms with E-state index in [2.05, 4.69) is 31.8 Å². The molecule has 0 saturated heterocycles. The Morgan fingerprint density at radius 3 is 2.41 bits per heavy atom. The number of ether oxygens (including phenoxy) is 1. The van der Waals surface area contributed by atoms with E-state index in [0.29, 0.717) is 37.6 Å². The summed E-state index contributed by atoms with van der Waals surface area (Å²) in [5, 5.41) is 6.73. The summed E-state index contributed by atoms with van der Waals surface area (Å²) >= 11 is 9.31. The fraction of sp³-hybridized carbons (Fsp3) is 0.0435. The Labute approximate surface area is 197 Å². The van der Waals surface area contributed by atoms with Crippen molar-refractivity contribution >= 4 is 57.2 Å². The smallest absolute Gasteiger partial charge is 0.344 e. The number of nitrogens with one attached hydrogen (secondary N) is 2. The minimum atomic E-state index is -0.931. The Morgan fingerprint density at radius 1 is 0.969 bits per heavy atom. The van der Waals surface area contributed by atoms with Gasteiger partial charge in [0.2, 0.25) is 0 Å². The number of hydrogen-bond acceptors (Lipinski definition) is 5. The predicted octanol–water partition coefficient (Wildman–Crippen LogP) is 4.72. The first kappa shape index (κ1) is 23.2. The molecule has 3 rings (SSSR count). The van der Waals surface area contributed by atoms with E-state index in [1.807, 2.05) is 0 Å². The number of hydrogen-bond donors (Lipinski definition) is 2. The fourth-order valence-electron chi connectivity index (χ4n) is 2.55. The summed E-state index contributed by atoms with van der Waals surface area (Å²) in [6.07, 6.45) is 1.36. The van der Waals surface area contributed by atoms with Gasteiger partial charge in [-0.25, -0.2) is 10.2 Å². The second-order valence-electron chi connectivity index (χ2n) is 6.50. The van der Waals surface area contributed by atoms with Crippen molar-refractivity contribution in [3.63, 3.8) is 0 Å². The van der Waals surface area contributed by atoms with Gasteiger partial charge in [0, 0.05) is 15.2 Å². The Kier molecular flexibility index (Phi) is 7.75. The third kappa shape index (κ3) is 6.03. The zero-order chi connectivity index (χ0) is 23.1. The van der Waals surface area contributed by atoms with Gasteiger partial charge in [-0.15, -0.1) is 0 Å². The number of esters is 1. The zero-order valence-electron chi connectivity index (χ0n) is 16.8. The van der Waals surface area contributed by atoms with Crippen LogP contribution in [-0.2, 0) is 9.59 Å². The summed E-state index contributed by atoms with van der Waals surface area (Å²) in [5.41, 5.74) is 4.28. The molecule has 0 bridgehead atoms. The highest BCUT2D eigenvalue weighted by Gasteiger charge is 2.15. The van der Waals surface area contributed by atoms with Gasteiger partial charge in [0.05, 0.1) is 11.8 Å². The van der Waals surface area contributed by atoms with Gasteiger partial charge in [-0.1, -0.05) is 29.8 Å². The third-order valence-corrected chi connectivity index (χ3v) is 5.39. The standard InChI is InChI=1S/C23H17BrClN3O4/c1-14-19(25)7-4-8-20(14)27-21(29)22(30)28-26-13-15-9-11-16(12-10-15)32-23(31)17-5-2-3-6-18(17)24/h2-13H,1H3,(H,27,29)(H,28,30)/b26-13+. The minimum absolute atomic E-state index is 0.350. The second-order valence-corrected chi connectivity index (χ2v) is 7.77. The monoisotopic (exact) mass is 513 g/mol. The Morgan fingerprint density at radius 2 is 1.69 bits per heavy atom. The lowest BCUT2D eigenvalue weighted by atomic mass is 10.2. The highest BCUT2D eigenvalue weighted by atomic mass is 79.9. The average molecular weight is 515 g/mol. The van der Waals surface area contributed by atoms with E-state index < -0.39 is 17.8 Å². The topological polar surface area (TPSA) is 96.9 Å². The molecule has 7 nitrogen and oxygen atoms in total. The number of hydrazone groups is 1. The number of nitrogens with zero attached hydrogens (tertiary/aromatic N) is 1. The molecule has 0 spiro atoms. The molecule has 2 N–H and O–H groups in total. The maximum absolute atomic E-state index is 12.2. The fourth-order valence-corrected chi connectivity index (χ4v) is 3.17. The van der Waals surface area contributed by atoms with E-state index >= 15 is 0 Å². The molecule has 0 fully saturated rings. The Bertz CT molecular complexity index is 1200. The lowest BCUT2D eigenvalue weighted by Gasteiger charge is -2.08. The lowest BCUT2D eigenvalue weighted by Crippen LogP contribution is -2.32. The summed E-state index contributed by atoms with van der Waals surface area (Å²) in [7, 11) is 0. The molecule has 0 aliphatic rings. The van der Waals surface area contributed by atoms with Crippen molar-refractivity contribution in [3.05, 3.63) is 92.9 Å². The van der Waals surface area contributed by atoms with Crippen molar-refractivity contribution in [3.8, 4) is 5.75 Å². The molecule has 0 atom stereocenters. The van der Waals surface area contributed by atoms with Crippen LogP contribution in [0, 0.1) is 6.92 Å². The lowest BCUT2D eigenvalue weighted by molar-refractivity contribution is -0.136. The van der Waals surface area contributed by atoms with Crippen molar-refractivity contribution in [1.29, 1.82) is 0 Å². The molecule has 0 radical (unpaired) electrons. The summed E-state index contributed by atoms with van der Waals surface area (Å²) in [4.78, 5) is 36.2. The molecule has 0 aliphatic carbocycles. The van der Waals surface area contributed by atoms with Crippen molar-refractivity contribution in [1.82, 2.24) is 5.43 Å². The van der Waals surface area contributed by atoms with Gasteiger partial charge in [-0.2, -0.15) is 5.10 Å². The molecule has 0 unspecified atom stereocenters. The molecule has 0 aromatic heterocycles. The van der Waals surface area contributed by atoms with E-state index in [9.17, 15) is 14.4 Å². The molecule has 0 heterocycles. The normalized spacial score (nSPS) is 10.6. The molecule has 32 heavy (non-hydrogen) atoms.